The molecule has 0 spiro atoms. The average Bonchev–Trinajstić information content (AvgIpc) is 3.32. The van der Waals surface area contributed by atoms with E-state index in [1.807, 2.05) is 55.5 Å². The maximum atomic E-state index is 13.1. The zero-order chi connectivity index (χ0) is 24.5. The number of hydrogen-bond donors (Lipinski definition) is 1. The van der Waals surface area contributed by atoms with Gasteiger partial charge in [-0.25, -0.2) is 14.6 Å². The quantitative estimate of drug-likeness (QED) is 0.256. The summed E-state index contributed by atoms with van der Waals surface area (Å²) in [4.78, 5) is 37.0. The van der Waals surface area contributed by atoms with Crippen molar-refractivity contribution in [1.29, 1.82) is 0 Å². The van der Waals surface area contributed by atoms with E-state index in [0.717, 1.165) is 36.9 Å². The molecule has 3 heterocycles. The van der Waals surface area contributed by atoms with Crippen LogP contribution in [0.2, 0.25) is 0 Å². The predicted molar refractivity (Wildman–Crippen MR) is 143 cm³/mol. The highest BCUT2D eigenvalue weighted by atomic mass is 32.2. The maximum Gasteiger partial charge on any atom is 0.295 e. The Balaban J connectivity index is 1.41. The molecule has 5 aromatic rings. The van der Waals surface area contributed by atoms with E-state index < -0.39 is 0 Å². The summed E-state index contributed by atoms with van der Waals surface area (Å²) in [5.41, 5.74) is 3.63. The lowest BCUT2D eigenvalue weighted by atomic mass is 10.0. The monoisotopic (exact) mass is 501 g/mol. The molecule has 5 rings (SSSR count). The number of thiophene rings is 1. The van der Waals surface area contributed by atoms with Gasteiger partial charge in [0.1, 0.15) is 21.9 Å². The van der Waals surface area contributed by atoms with E-state index in [1.165, 1.54) is 18.1 Å². The van der Waals surface area contributed by atoms with Crippen LogP contribution in [0, 0.1) is 13.8 Å². The third-order valence-corrected chi connectivity index (χ3v) is 7.85. The van der Waals surface area contributed by atoms with Crippen molar-refractivity contribution in [2.75, 3.05) is 11.1 Å². The van der Waals surface area contributed by atoms with Gasteiger partial charge in [-0.3, -0.25) is 14.3 Å². The van der Waals surface area contributed by atoms with E-state index in [9.17, 15) is 9.59 Å². The first-order valence-electron chi connectivity index (χ1n) is 11.0. The van der Waals surface area contributed by atoms with Crippen LogP contribution < -0.4 is 10.9 Å². The third-order valence-electron chi connectivity index (χ3n) is 5.85. The number of amides is 1. The summed E-state index contributed by atoms with van der Waals surface area (Å²) in [6.07, 6.45) is 1.53. The molecular weight excluding hydrogens is 478 g/mol. The molecule has 7 nitrogen and oxygen atoms in total. The van der Waals surface area contributed by atoms with Gasteiger partial charge in [-0.15, -0.1) is 11.3 Å². The molecule has 0 aliphatic rings. The van der Waals surface area contributed by atoms with Crippen LogP contribution >= 0.6 is 23.1 Å². The second-order valence-electron chi connectivity index (χ2n) is 8.03. The number of thioether (sulfide) groups is 1. The van der Waals surface area contributed by atoms with Crippen molar-refractivity contribution >= 4 is 44.9 Å². The highest BCUT2D eigenvalue weighted by Crippen LogP contribution is 2.41. The number of nitrogens with one attached hydrogen (secondary N) is 1. The summed E-state index contributed by atoms with van der Waals surface area (Å²) in [6, 6.07) is 19.5. The minimum Gasteiger partial charge on any atom is -0.319 e. The molecule has 1 amide bonds. The van der Waals surface area contributed by atoms with Crippen LogP contribution in [0.25, 0.3) is 27.0 Å². The predicted octanol–water partition coefficient (Wildman–Crippen LogP) is 5.20. The highest BCUT2D eigenvalue weighted by molar-refractivity contribution is 8.00. The van der Waals surface area contributed by atoms with Gasteiger partial charge >= 0.3 is 0 Å². The molecule has 0 radical (unpaired) electrons. The molecular formula is C26H23N5O2S2. The number of rotatable bonds is 6. The van der Waals surface area contributed by atoms with Gasteiger partial charge in [-0.05, 0) is 31.5 Å². The number of carbonyl (C=O) groups excluding carboxylic acids is 1. The lowest BCUT2D eigenvalue weighted by molar-refractivity contribution is -0.113. The molecule has 0 unspecified atom stereocenters. The molecule has 0 aliphatic heterocycles. The highest BCUT2D eigenvalue weighted by Gasteiger charge is 2.20. The first kappa shape index (κ1) is 23.1. The summed E-state index contributed by atoms with van der Waals surface area (Å²) >= 11 is 2.97. The van der Waals surface area contributed by atoms with Crippen LogP contribution in [-0.4, -0.2) is 31.0 Å². The van der Waals surface area contributed by atoms with Gasteiger partial charge in [0.15, 0.2) is 0 Å². The Kier molecular flexibility index (Phi) is 6.27. The van der Waals surface area contributed by atoms with Crippen molar-refractivity contribution in [2.45, 2.75) is 18.9 Å². The Morgan fingerprint density at radius 2 is 1.71 bits per heavy atom. The van der Waals surface area contributed by atoms with Gasteiger partial charge in [0.2, 0.25) is 5.91 Å². The lowest BCUT2D eigenvalue weighted by Gasteiger charge is -2.07. The number of fused-ring (bicyclic) bond motifs is 1. The number of anilines is 1. The second kappa shape index (κ2) is 9.52. The molecule has 0 saturated heterocycles. The fourth-order valence-electron chi connectivity index (χ4n) is 4.10. The lowest BCUT2D eigenvalue weighted by Crippen LogP contribution is -2.23. The normalized spacial score (nSPS) is 11.2. The minimum absolute atomic E-state index is 0.119. The summed E-state index contributed by atoms with van der Waals surface area (Å²) in [6.45, 7) is 3.89. The van der Waals surface area contributed by atoms with Crippen molar-refractivity contribution in [1.82, 2.24) is 19.3 Å². The Morgan fingerprint density at radius 3 is 2.43 bits per heavy atom. The number of aryl methyl sites for hydroxylation is 1. The summed E-state index contributed by atoms with van der Waals surface area (Å²) in [5.74, 6) is -0.144. The minimum atomic E-state index is -0.265. The number of nitrogens with zero attached hydrogens (tertiary/aromatic N) is 4. The topological polar surface area (TPSA) is 81.8 Å². The summed E-state index contributed by atoms with van der Waals surface area (Å²) in [7, 11) is 1.80. The molecule has 9 heteroatoms. The molecule has 0 atom stereocenters. The van der Waals surface area contributed by atoms with Crippen molar-refractivity contribution in [3.05, 3.63) is 87.9 Å². The number of aromatic nitrogens is 4. The number of para-hydroxylation sites is 1. The summed E-state index contributed by atoms with van der Waals surface area (Å²) < 4.78 is 3.29. The molecule has 0 saturated carbocycles. The van der Waals surface area contributed by atoms with Gasteiger partial charge in [0.25, 0.3) is 5.56 Å². The third kappa shape index (κ3) is 4.28. The van der Waals surface area contributed by atoms with Crippen LogP contribution in [0.1, 0.15) is 10.6 Å². The van der Waals surface area contributed by atoms with E-state index in [2.05, 4.69) is 34.3 Å². The Morgan fingerprint density at radius 1 is 1.03 bits per heavy atom. The summed E-state index contributed by atoms with van der Waals surface area (Å²) in [5, 5.41) is 4.53. The van der Waals surface area contributed by atoms with Crippen LogP contribution in [0.5, 0.6) is 0 Å². The first-order valence-corrected chi connectivity index (χ1v) is 12.8. The van der Waals surface area contributed by atoms with Crippen LogP contribution in [0.15, 0.2) is 76.8 Å². The van der Waals surface area contributed by atoms with Gasteiger partial charge in [-0.1, -0.05) is 60.3 Å². The zero-order valence-electron chi connectivity index (χ0n) is 19.5. The van der Waals surface area contributed by atoms with Gasteiger partial charge in [0.05, 0.1) is 22.5 Å². The van der Waals surface area contributed by atoms with Crippen molar-refractivity contribution in [2.24, 2.45) is 7.05 Å². The fourth-order valence-corrected chi connectivity index (χ4v) is 5.98. The van der Waals surface area contributed by atoms with Gasteiger partial charge in [-0.2, -0.15) is 0 Å². The number of carbonyl (C=O) groups is 1. The van der Waals surface area contributed by atoms with Crippen LogP contribution in [0.4, 0.5) is 5.69 Å². The Bertz CT molecular complexity index is 1590. The average molecular weight is 502 g/mol. The molecule has 0 aliphatic carbocycles. The Labute approximate surface area is 210 Å². The van der Waals surface area contributed by atoms with Crippen LogP contribution in [0.3, 0.4) is 0 Å². The molecule has 1 N–H and O–H groups in total. The zero-order valence-corrected chi connectivity index (χ0v) is 21.1. The Hall–Kier alpha value is -3.69. The first-order chi connectivity index (χ1) is 17.0. The van der Waals surface area contributed by atoms with E-state index in [0.29, 0.717) is 5.69 Å². The number of hydrogen-bond acceptors (Lipinski definition) is 6. The fraction of sp³-hybridized carbons (Fsp3) is 0.154. The largest absolute Gasteiger partial charge is 0.319 e. The molecule has 3 aromatic heterocycles. The van der Waals surface area contributed by atoms with Gasteiger partial charge in [0, 0.05) is 17.5 Å². The molecule has 0 fully saturated rings. The van der Waals surface area contributed by atoms with Crippen molar-refractivity contribution in [3.8, 4) is 16.8 Å². The second-order valence-corrected chi connectivity index (χ2v) is 10.2. The van der Waals surface area contributed by atoms with Crippen molar-refractivity contribution in [3.63, 3.8) is 0 Å². The number of benzene rings is 2. The standard InChI is InChI=1S/C26H23N5O2S2/c1-16-23(26(33)31(30(16)3)19-12-8-5-9-13-19)29-20(32)14-34-24-22-21(18-10-6-4-7-11-18)17(2)35-25(22)28-15-27-24/h4-13,15H,14H2,1-3H3,(H,29,32). The molecule has 2 aromatic carbocycles. The van der Waals surface area contributed by atoms with E-state index in [4.69, 9.17) is 0 Å². The van der Waals surface area contributed by atoms with E-state index in [1.54, 1.807) is 27.7 Å². The van der Waals surface area contributed by atoms with E-state index >= 15 is 0 Å². The molecule has 176 valence electrons. The van der Waals surface area contributed by atoms with Crippen molar-refractivity contribution < 1.29 is 4.79 Å². The van der Waals surface area contributed by atoms with Gasteiger partial charge < -0.3 is 5.32 Å². The molecule has 0 bridgehead atoms. The smallest absolute Gasteiger partial charge is 0.295 e. The molecule has 35 heavy (non-hydrogen) atoms. The SMILES string of the molecule is Cc1sc2ncnc(SCC(=O)Nc3c(C)n(C)n(-c4ccccc4)c3=O)c2c1-c1ccccc1. The maximum absolute atomic E-state index is 13.1. The van der Waals surface area contributed by atoms with E-state index in [-0.39, 0.29) is 22.9 Å². The van der Waals surface area contributed by atoms with Crippen LogP contribution in [-0.2, 0) is 11.8 Å².